The monoisotopic (exact) mass is 387 g/mol. The van der Waals surface area contributed by atoms with Crippen molar-refractivity contribution in [1.82, 2.24) is 5.01 Å². The molecule has 1 heterocycles. The van der Waals surface area contributed by atoms with Crippen molar-refractivity contribution in [2.45, 2.75) is 19.4 Å². The molecule has 0 fully saturated rings. The summed E-state index contributed by atoms with van der Waals surface area (Å²) < 4.78 is 30.2. The molecule has 1 aliphatic heterocycles. The summed E-state index contributed by atoms with van der Waals surface area (Å²) in [5, 5.41) is 5.98. The number of sulfonamides is 1. The van der Waals surface area contributed by atoms with Gasteiger partial charge in [0.05, 0.1) is 25.1 Å². The van der Waals surface area contributed by atoms with Crippen LogP contribution in [0.2, 0.25) is 0 Å². The average molecular weight is 387 g/mol. The lowest BCUT2D eigenvalue weighted by Crippen LogP contribution is -2.24. The van der Waals surface area contributed by atoms with E-state index in [9.17, 15) is 13.2 Å². The molecule has 0 saturated heterocycles. The molecule has 3 rings (SSSR count). The first kappa shape index (κ1) is 18.9. The van der Waals surface area contributed by atoms with E-state index < -0.39 is 10.0 Å². The number of carbonyl (C=O) groups is 1. The van der Waals surface area contributed by atoms with E-state index in [-0.39, 0.29) is 11.9 Å². The van der Waals surface area contributed by atoms with E-state index in [1.54, 1.807) is 31.4 Å². The Labute approximate surface area is 158 Å². The van der Waals surface area contributed by atoms with Gasteiger partial charge in [-0.15, -0.1) is 0 Å². The maximum Gasteiger partial charge on any atom is 0.240 e. The van der Waals surface area contributed by atoms with Gasteiger partial charge in [-0.25, -0.2) is 13.4 Å². The predicted octanol–water partition coefficient (Wildman–Crippen LogP) is 2.76. The minimum Gasteiger partial charge on any atom is -0.497 e. The van der Waals surface area contributed by atoms with Gasteiger partial charge in [-0.1, -0.05) is 24.3 Å². The second-order valence-electron chi connectivity index (χ2n) is 6.35. The van der Waals surface area contributed by atoms with Gasteiger partial charge >= 0.3 is 0 Å². The maximum absolute atomic E-state index is 12.1. The molecule has 0 aromatic heterocycles. The fraction of sp³-hybridized carbons (Fsp3) is 0.263. The minimum atomic E-state index is -3.32. The number of amides is 1. The van der Waals surface area contributed by atoms with Gasteiger partial charge in [-0.3, -0.25) is 9.52 Å². The maximum atomic E-state index is 12.1. The number of methoxy groups -OCH3 is 1. The highest BCUT2D eigenvalue weighted by atomic mass is 32.2. The van der Waals surface area contributed by atoms with E-state index in [1.165, 1.54) is 11.9 Å². The molecule has 0 radical (unpaired) electrons. The molecular weight excluding hydrogens is 366 g/mol. The molecule has 7 nitrogen and oxygen atoms in total. The molecule has 0 saturated carbocycles. The Hall–Kier alpha value is -2.87. The Morgan fingerprint density at radius 3 is 2.30 bits per heavy atom. The Bertz CT molecular complexity index is 967. The van der Waals surface area contributed by atoms with Gasteiger partial charge in [0, 0.05) is 19.0 Å². The number of rotatable bonds is 5. The molecule has 1 N–H and O–H groups in total. The van der Waals surface area contributed by atoms with Gasteiger partial charge in [0.1, 0.15) is 5.75 Å². The number of hydrogen-bond donors (Lipinski definition) is 1. The summed E-state index contributed by atoms with van der Waals surface area (Å²) in [4.78, 5) is 12.1. The number of nitrogens with zero attached hydrogens (tertiary/aromatic N) is 2. The van der Waals surface area contributed by atoms with Gasteiger partial charge in [0.25, 0.3) is 0 Å². The second-order valence-corrected chi connectivity index (χ2v) is 8.10. The molecule has 8 heteroatoms. The number of hydrogen-bond acceptors (Lipinski definition) is 5. The van der Waals surface area contributed by atoms with Crippen molar-refractivity contribution in [2.24, 2.45) is 5.10 Å². The van der Waals surface area contributed by atoms with Gasteiger partial charge in [0.15, 0.2) is 0 Å². The summed E-state index contributed by atoms with van der Waals surface area (Å²) in [6.45, 7) is 1.49. The molecule has 1 atom stereocenters. The molecule has 2 aromatic carbocycles. The zero-order valence-corrected chi connectivity index (χ0v) is 16.2. The molecular formula is C19H21N3O4S. The summed E-state index contributed by atoms with van der Waals surface area (Å²) in [5.74, 6) is 0.613. The van der Waals surface area contributed by atoms with Crippen LogP contribution in [0, 0.1) is 0 Å². The van der Waals surface area contributed by atoms with E-state index in [1.807, 2.05) is 24.3 Å². The zero-order chi connectivity index (χ0) is 19.6. The Morgan fingerprint density at radius 1 is 1.15 bits per heavy atom. The fourth-order valence-electron chi connectivity index (χ4n) is 3.01. The number of benzene rings is 2. The summed E-state index contributed by atoms with van der Waals surface area (Å²) in [6, 6.07) is 14.3. The van der Waals surface area contributed by atoms with E-state index in [4.69, 9.17) is 4.74 Å². The van der Waals surface area contributed by atoms with Crippen molar-refractivity contribution >= 4 is 27.3 Å². The second kappa shape index (κ2) is 7.40. The molecule has 0 spiro atoms. The van der Waals surface area contributed by atoms with E-state index >= 15 is 0 Å². The van der Waals surface area contributed by atoms with Crippen molar-refractivity contribution in [1.29, 1.82) is 0 Å². The van der Waals surface area contributed by atoms with Crippen LogP contribution < -0.4 is 9.46 Å². The van der Waals surface area contributed by atoms with E-state index in [0.717, 1.165) is 28.8 Å². The van der Waals surface area contributed by atoms with Crippen molar-refractivity contribution < 1.29 is 17.9 Å². The van der Waals surface area contributed by atoms with Gasteiger partial charge in [-0.2, -0.15) is 5.10 Å². The summed E-state index contributed by atoms with van der Waals surface area (Å²) in [6.07, 6.45) is 1.68. The van der Waals surface area contributed by atoms with Crippen molar-refractivity contribution in [2.75, 3.05) is 18.1 Å². The molecule has 1 amide bonds. The van der Waals surface area contributed by atoms with Crippen molar-refractivity contribution in [3.63, 3.8) is 0 Å². The molecule has 1 unspecified atom stereocenters. The largest absolute Gasteiger partial charge is 0.497 e. The lowest BCUT2D eigenvalue weighted by Gasteiger charge is -2.20. The van der Waals surface area contributed by atoms with Gasteiger partial charge < -0.3 is 4.74 Å². The molecule has 142 valence electrons. The normalized spacial score (nSPS) is 16.8. The first-order chi connectivity index (χ1) is 12.8. The lowest BCUT2D eigenvalue weighted by atomic mass is 9.98. The van der Waals surface area contributed by atoms with Gasteiger partial charge in [-0.05, 0) is 35.4 Å². The third-order valence-electron chi connectivity index (χ3n) is 4.25. The number of carbonyl (C=O) groups excluding carboxylic acids is 1. The Morgan fingerprint density at radius 2 is 1.78 bits per heavy atom. The van der Waals surface area contributed by atoms with Crippen LogP contribution in [-0.4, -0.2) is 38.4 Å². The highest BCUT2D eigenvalue weighted by Crippen LogP contribution is 2.33. The predicted molar refractivity (Wildman–Crippen MR) is 104 cm³/mol. The lowest BCUT2D eigenvalue weighted by molar-refractivity contribution is -0.130. The molecule has 0 bridgehead atoms. The standard InChI is InChI=1S/C19H21N3O4S/c1-13(23)22-19(15-6-10-17(26-2)11-7-15)12-18(20-22)14-4-8-16(9-5-14)21-27(3,24)25/h4-11,19,21H,12H2,1-3H3. The van der Waals surface area contributed by atoms with Crippen LogP contribution in [0.1, 0.15) is 30.5 Å². The summed E-state index contributed by atoms with van der Waals surface area (Å²) in [7, 11) is -1.72. The number of hydrazone groups is 1. The third-order valence-corrected chi connectivity index (χ3v) is 4.86. The first-order valence-corrected chi connectivity index (χ1v) is 10.3. The fourth-order valence-corrected chi connectivity index (χ4v) is 3.57. The molecule has 2 aromatic rings. The van der Waals surface area contributed by atoms with Crippen LogP contribution in [0.4, 0.5) is 5.69 Å². The minimum absolute atomic E-state index is 0.138. The molecule has 1 aliphatic rings. The molecule has 27 heavy (non-hydrogen) atoms. The topological polar surface area (TPSA) is 88.1 Å². The Kier molecular flexibility index (Phi) is 5.18. The Balaban J connectivity index is 1.84. The number of ether oxygens (including phenoxy) is 1. The highest BCUT2D eigenvalue weighted by Gasteiger charge is 2.31. The SMILES string of the molecule is COc1ccc(C2CC(c3ccc(NS(C)(=O)=O)cc3)=NN2C(C)=O)cc1. The van der Waals surface area contributed by atoms with E-state index in [0.29, 0.717) is 12.1 Å². The van der Waals surface area contributed by atoms with Crippen LogP contribution >= 0.6 is 0 Å². The quantitative estimate of drug-likeness (QED) is 0.854. The van der Waals surface area contributed by atoms with Crippen LogP contribution in [0.3, 0.4) is 0 Å². The highest BCUT2D eigenvalue weighted by molar-refractivity contribution is 7.92. The smallest absolute Gasteiger partial charge is 0.240 e. The zero-order valence-electron chi connectivity index (χ0n) is 15.3. The van der Waals surface area contributed by atoms with Crippen molar-refractivity contribution in [3.8, 4) is 5.75 Å². The van der Waals surface area contributed by atoms with Crippen LogP contribution in [0.15, 0.2) is 53.6 Å². The van der Waals surface area contributed by atoms with Gasteiger partial charge in [0.2, 0.25) is 15.9 Å². The van der Waals surface area contributed by atoms with Crippen LogP contribution in [-0.2, 0) is 14.8 Å². The summed E-state index contributed by atoms with van der Waals surface area (Å²) in [5.41, 5.74) is 3.07. The van der Waals surface area contributed by atoms with Crippen LogP contribution in [0.25, 0.3) is 0 Å². The first-order valence-electron chi connectivity index (χ1n) is 8.36. The molecule has 0 aliphatic carbocycles. The van der Waals surface area contributed by atoms with Crippen molar-refractivity contribution in [3.05, 3.63) is 59.7 Å². The number of nitrogens with one attached hydrogen (secondary N) is 1. The summed E-state index contributed by atoms with van der Waals surface area (Å²) >= 11 is 0. The van der Waals surface area contributed by atoms with E-state index in [2.05, 4.69) is 9.82 Å². The third kappa shape index (κ3) is 4.46. The number of anilines is 1. The average Bonchev–Trinajstić information content (AvgIpc) is 3.07. The van der Waals surface area contributed by atoms with Crippen LogP contribution in [0.5, 0.6) is 5.75 Å².